The number of anilines is 1. The molecule has 0 saturated carbocycles. The molecular formula is C16H19FN2. The molecule has 0 aromatic heterocycles. The molecule has 2 rings (SSSR count). The Hall–Kier alpha value is -1.87. The number of benzene rings is 2. The van der Waals surface area contributed by atoms with Gasteiger partial charge in [-0.15, -0.1) is 0 Å². The van der Waals surface area contributed by atoms with Gasteiger partial charge >= 0.3 is 0 Å². The second-order valence-corrected chi connectivity index (χ2v) is 4.96. The van der Waals surface area contributed by atoms with E-state index in [1.54, 1.807) is 6.07 Å². The third-order valence-electron chi connectivity index (χ3n) is 3.34. The third-order valence-corrected chi connectivity index (χ3v) is 3.34. The quantitative estimate of drug-likeness (QED) is 0.915. The fraction of sp³-hybridized carbons (Fsp3) is 0.250. The summed E-state index contributed by atoms with van der Waals surface area (Å²) in [5.41, 5.74) is 10.2. The first-order valence-electron chi connectivity index (χ1n) is 6.28. The van der Waals surface area contributed by atoms with Crippen molar-refractivity contribution in [2.24, 2.45) is 5.73 Å². The molecule has 2 N–H and O–H groups in total. The van der Waals surface area contributed by atoms with Gasteiger partial charge in [-0.05, 0) is 47.9 Å². The van der Waals surface area contributed by atoms with Gasteiger partial charge < -0.3 is 10.6 Å². The van der Waals surface area contributed by atoms with Crippen LogP contribution in [-0.4, -0.2) is 14.1 Å². The summed E-state index contributed by atoms with van der Waals surface area (Å²) in [5, 5.41) is 0. The van der Waals surface area contributed by atoms with Crippen LogP contribution in [0.5, 0.6) is 0 Å². The normalized spacial score (nSPS) is 12.3. The lowest BCUT2D eigenvalue weighted by molar-refractivity contribution is 0.622. The summed E-state index contributed by atoms with van der Waals surface area (Å²) >= 11 is 0. The van der Waals surface area contributed by atoms with Crippen molar-refractivity contribution in [3.8, 4) is 0 Å². The highest BCUT2D eigenvalue weighted by atomic mass is 19.1. The molecule has 2 aromatic rings. The molecule has 1 unspecified atom stereocenters. The van der Waals surface area contributed by atoms with Crippen LogP contribution in [0.15, 0.2) is 42.5 Å². The molecule has 0 spiro atoms. The molecule has 0 amide bonds. The van der Waals surface area contributed by atoms with E-state index in [0.717, 1.165) is 22.4 Å². The van der Waals surface area contributed by atoms with Crippen molar-refractivity contribution in [2.75, 3.05) is 19.0 Å². The van der Waals surface area contributed by atoms with Crippen molar-refractivity contribution in [1.29, 1.82) is 0 Å². The van der Waals surface area contributed by atoms with Crippen molar-refractivity contribution >= 4 is 5.69 Å². The average molecular weight is 258 g/mol. The Morgan fingerprint density at radius 3 is 2.26 bits per heavy atom. The molecule has 0 fully saturated rings. The monoisotopic (exact) mass is 258 g/mol. The van der Waals surface area contributed by atoms with E-state index in [1.807, 2.05) is 50.2 Å². The van der Waals surface area contributed by atoms with Gasteiger partial charge in [-0.2, -0.15) is 0 Å². The highest BCUT2D eigenvalue weighted by molar-refractivity contribution is 5.48. The van der Waals surface area contributed by atoms with Crippen molar-refractivity contribution in [1.82, 2.24) is 0 Å². The largest absolute Gasteiger partial charge is 0.378 e. The lowest BCUT2D eigenvalue weighted by atomic mass is 9.95. The van der Waals surface area contributed by atoms with Gasteiger partial charge in [0.25, 0.3) is 0 Å². The predicted molar refractivity (Wildman–Crippen MR) is 77.9 cm³/mol. The minimum Gasteiger partial charge on any atom is -0.378 e. The van der Waals surface area contributed by atoms with Gasteiger partial charge in [0.2, 0.25) is 0 Å². The first-order chi connectivity index (χ1) is 8.99. The molecule has 0 heterocycles. The summed E-state index contributed by atoms with van der Waals surface area (Å²) in [7, 11) is 3.98. The Labute approximate surface area is 113 Å². The van der Waals surface area contributed by atoms with E-state index in [9.17, 15) is 4.39 Å². The van der Waals surface area contributed by atoms with Crippen molar-refractivity contribution < 1.29 is 4.39 Å². The number of nitrogens with zero attached hydrogens (tertiary/aromatic N) is 1. The highest BCUT2D eigenvalue weighted by Crippen LogP contribution is 2.25. The van der Waals surface area contributed by atoms with E-state index in [2.05, 4.69) is 0 Å². The molecule has 0 saturated heterocycles. The summed E-state index contributed by atoms with van der Waals surface area (Å²) in [6.07, 6.45) is 0. The maximum absolute atomic E-state index is 13.3. The second-order valence-electron chi connectivity index (χ2n) is 4.96. The zero-order valence-corrected chi connectivity index (χ0v) is 11.5. The van der Waals surface area contributed by atoms with Crippen LogP contribution >= 0.6 is 0 Å². The first kappa shape index (κ1) is 13.6. The molecular weight excluding hydrogens is 239 g/mol. The molecule has 1 atom stereocenters. The summed E-state index contributed by atoms with van der Waals surface area (Å²) in [4.78, 5) is 2.03. The van der Waals surface area contributed by atoms with E-state index < -0.39 is 0 Å². The van der Waals surface area contributed by atoms with E-state index in [0.29, 0.717) is 0 Å². The standard InChI is InChI=1S/C16H19FN2/c1-11-4-7-13(17)10-15(11)16(18)12-5-8-14(9-6-12)19(2)3/h4-10,16H,18H2,1-3H3. The number of hydrogen-bond acceptors (Lipinski definition) is 2. The Morgan fingerprint density at radius 1 is 1.05 bits per heavy atom. The van der Waals surface area contributed by atoms with Crippen LogP contribution in [0.2, 0.25) is 0 Å². The van der Waals surface area contributed by atoms with Gasteiger partial charge in [-0.3, -0.25) is 0 Å². The van der Waals surface area contributed by atoms with Gasteiger partial charge in [0.1, 0.15) is 5.82 Å². The Kier molecular flexibility index (Phi) is 3.86. The van der Waals surface area contributed by atoms with Crippen molar-refractivity contribution in [2.45, 2.75) is 13.0 Å². The summed E-state index contributed by atoms with van der Waals surface area (Å²) in [5.74, 6) is -0.249. The van der Waals surface area contributed by atoms with E-state index >= 15 is 0 Å². The SMILES string of the molecule is Cc1ccc(F)cc1C(N)c1ccc(N(C)C)cc1. The summed E-state index contributed by atoms with van der Waals surface area (Å²) < 4.78 is 13.3. The molecule has 0 radical (unpaired) electrons. The molecule has 0 aliphatic carbocycles. The maximum atomic E-state index is 13.3. The third kappa shape index (κ3) is 2.93. The number of hydrogen-bond donors (Lipinski definition) is 1. The fourth-order valence-corrected chi connectivity index (χ4v) is 2.11. The molecule has 2 nitrogen and oxygen atoms in total. The molecule has 2 aromatic carbocycles. The second kappa shape index (κ2) is 5.41. The molecule has 0 aliphatic heterocycles. The Balaban J connectivity index is 2.33. The number of halogens is 1. The van der Waals surface area contributed by atoms with Crippen LogP contribution in [-0.2, 0) is 0 Å². The van der Waals surface area contributed by atoms with Crippen LogP contribution in [0, 0.1) is 12.7 Å². The zero-order valence-electron chi connectivity index (χ0n) is 11.5. The first-order valence-corrected chi connectivity index (χ1v) is 6.28. The molecule has 100 valence electrons. The minimum atomic E-state index is -0.299. The minimum absolute atomic E-state index is 0.249. The van der Waals surface area contributed by atoms with Gasteiger partial charge in [0, 0.05) is 19.8 Å². The Bertz CT molecular complexity index is 561. The van der Waals surface area contributed by atoms with Crippen LogP contribution in [0.3, 0.4) is 0 Å². The summed E-state index contributed by atoms with van der Waals surface area (Å²) in [6, 6.07) is 12.5. The van der Waals surface area contributed by atoms with E-state index in [-0.39, 0.29) is 11.9 Å². The fourth-order valence-electron chi connectivity index (χ4n) is 2.11. The number of rotatable bonds is 3. The Morgan fingerprint density at radius 2 is 1.68 bits per heavy atom. The van der Waals surface area contributed by atoms with Crippen LogP contribution < -0.4 is 10.6 Å². The van der Waals surface area contributed by atoms with Gasteiger partial charge in [-0.25, -0.2) is 4.39 Å². The molecule has 19 heavy (non-hydrogen) atoms. The lowest BCUT2D eigenvalue weighted by Gasteiger charge is -2.17. The zero-order chi connectivity index (χ0) is 14.0. The van der Waals surface area contributed by atoms with Gasteiger partial charge in [0.05, 0.1) is 6.04 Å². The van der Waals surface area contributed by atoms with E-state index in [1.165, 1.54) is 12.1 Å². The smallest absolute Gasteiger partial charge is 0.123 e. The van der Waals surface area contributed by atoms with Gasteiger partial charge in [0.15, 0.2) is 0 Å². The predicted octanol–water partition coefficient (Wildman–Crippen LogP) is 3.25. The number of nitrogens with two attached hydrogens (primary N) is 1. The number of aryl methyl sites for hydroxylation is 1. The van der Waals surface area contributed by atoms with E-state index in [4.69, 9.17) is 5.73 Å². The van der Waals surface area contributed by atoms with Crippen LogP contribution in [0.25, 0.3) is 0 Å². The highest BCUT2D eigenvalue weighted by Gasteiger charge is 2.12. The average Bonchev–Trinajstić information content (AvgIpc) is 2.41. The van der Waals surface area contributed by atoms with Crippen LogP contribution in [0.1, 0.15) is 22.7 Å². The van der Waals surface area contributed by atoms with Crippen molar-refractivity contribution in [3.05, 3.63) is 65.0 Å². The molecule has 0 bridgehead atoms. The molecule has 0 aliphatic rings. The topological polar surface area (TPSA) is 29.3 Å². The maximum Gasteiger partial charge on any atom is 0.123 e. The summed E-state index contributed by atoms with van der Waals surface area (Å²) in [6.45, 7) is 1.95. The molecule has 3 heteroatoms. The lowest BCUT2D eigenvalue weighted by Crippen LogP contribution is -2.14. The van der Waals surface area contributed by atoms with Gasteiger partial charge in [-0.1, -0.05) is 18.2 Å². The van der Waals surface area contributed by atoms with Crippen molar-refractivity contribution in [3.63, 3.8) is 0 Å². The van der Waals surface area contributed by atoms with Crippen LogP contribution in [0.4, 0.5) is 10.1 Å².